The SMILES string of the molecule is CC1OCCC1(C)NS(=O)(=O)c1ccc(Cl)c(CN)c1Cl. The molecule has 0 bridgehead atoms. The second-order valence-corrected chi connectivity index (χ2v) is 7.76. The molecule has 2 atom stereocenters. The Labute approximate surface area is 134 Å². The zero-order valence-electron chi connectivity index (χ0n) is 11.8. The average Bonchev–Trinajstić information content (AvgIpc) is 2.68. The highest BCUT2D eigenvalue weighted by Crippen LogP contribution is 2.33. The molecule has 1 heterocycles. The minimum atomic E-state index is -3.79. The second kappa shape index (κ2) is 6.02. The number of hydrogen-bond donors (Lipinski definition) is 2. The smallest absolute Gasteiger partial charge is 0.242 e. The summed E-state index contributed by atoms with van der Waals surface area (Å²) in [6.45, 7) is 4.24. The van der Waals surface area contributed by atoms with Crippen molar-refractivity contribution in [3.8, 4) is 0 Å². The fraction of sp³-hybridized carbons (Fsp3) is 0.538. The molecule has 0 radical (unpaired) electrons. The van der Waals surface area contributed by atoms with E-state index in [1.165, 1.54) is 12.1 Å². The number of rotatable bonds is 4. The van der Waals surface area contributed by atoms with E-state index in [4.69, 9.17) is 33.7 Å². The molecule has 5 nitrogen and oxygen atoms in total. The summed E-state index contributed by atoms with van der Waals surface area (Å²) in [7, 11) is -3.79. The van der Waals surface area contributed by atoms with Gasteiger partial charge in [0.2, 0.25) is 10.0 Å². The lowest BCUT2D eigenvalue weighted by Gasteiger charge is -2.28. The highest BCUT2D eigenvalue weighted by Gasteiger charge is 2.41. The van der Waals surface area contributed by atoms with Crippen molar-refractivity contribution in [1.29, 1.82) is 0 Å². The van der Waals surface area contributed by atoms with E-state index in [9.17, 15) is 8.42 Å². The standard InChI is InChI=1S/C13H18Cl2N2O3S/c1-8-13(2,5-6-20-8)17-21(18,19)11-4-3-10(14)9(7-16)12(11)15/h3-4,8,17H,5-7,16H2,1-2H3. The van der Waals surface area contributed by atoms with Gasteiger partial charge in [0.25, 0.3) is 0 Å². The monoisotopic (exact) mass is 352 g/mol. The van der Waals surface area contributed by atoms with Crippen molar-refractivity contribution < 1.29 is 13.2 Å². The number of benzene rings is 1. The Morgan fingerprint density at radius 1 is 1.48 bits per heavy atom. The van der Waals surface area contributed by atoms with Crippen LogP contribution in [0.15, 0.2) is 17.0 Å². The van der Waals surface area contributed by atoms with Gasteiger partial charge < -0.3 is 10.5 Å². The van der Waals surface area contributed by atoms with Gasteiger partial charge in [0.1, 0.15) is 4.90 Å². The minimum Gasteiger partial charge on any atom is -0.376 e. The maximum absolute atomic E-state index is 12.6. The molecule has 0 aromatic heterocycles. The molecule has 8 heteroatoms. The van der Waals surface area contributed by atoms with Gasteiger partial charge in [0.05, 0.1) is 16.7 Å². The van der Waals surface area contributed by atoms with Crippen LogP contribution in [-0.2, 0) is 21.3 Å². The molecule has 0 amide bonds. The maximum Gasteiger partial charge on any atom is 0.242 e. The summed E-state index contributed by atoms with van der Waals surface area (Å²) in [6, 6.07) is 2.87. The van der Waals surface area contributed by atoms with E-state index in [2.05, 4.69) is 4.72 Å². The summed E-state index contributed by atoms with van der Waals surface area (Å²) in [5.74, 6) is 0. The molecule has 118 valence electrons. The summed E-state index contributed by atoms with van der Waals surface area (Å²) in [4.78, 5) is -0.0191. The lowest BCUT2D eigenvalue weighted by Crippen LogP contribution is -2.50. The molecule has 1 aromatic carbocycles. The van der Waals surface area contributed by atoms with Crippen molar-refractivity contribution >= 4 is 33.2 Å². The number of nitrogens with one attached hydrogen (secondary N) is 1. The third-order valence-electron chi connectivity index (χ3n) is 3.90. The Morgan fingerprint density at radius 2 is 2.14 bits per heavy atom. The van der Waals surface area contributed by atoms with Gasteiger partial charge in [0.15, 0.2) is 0 Å². The number of ether oxygens (including phenoxy) is 1. The zero-order chi connectivity index (χ0) is 15.8. The van der Waals surface area contributed by atoms with Crippen LogP contribution in [0.5, 0.6) is 0 Å². The molecule has 0 saturated carbocycles. The third-order valence-corrected chi connectivity index (χ3v) is 6.45. The van der Waals surface area contributed by atoms with E-state index < -0.39 is 15.6 Å². The number of hydrogen-bond acceptors (Lipinski definition) is 4. The van der Waals surface area contributed by atoms with E-state index in [-0.39, 0.29) is 22.6 Å². The first kappa shape index (κ1) is 17.0. The summed E-state index contributed by atoms with van der Waals surface area (Å²) >= 11 is 12.1. The molecule has 21 heavy (non-hydrogen) atoms. The van der Waals surface area contributed by atoms with Gasteiger partial charge in [-0.15, -0.1) is 0 Å². The summed E-state index contributed by atoms with van der Waals surface area (Å²) in [5, 5.41) is 0.415. The highest BCUT2D eigenvalue weighted by molar-refractivity contribution is 7.89. The first-order chi connectivity index (χ1) is 9.71. The summed E-state index contributed by atoms with van der Waals surface area (Å²) < 4.78 is 33.3. The van der Waals surface area contributed by atoms with E-state index in [1.807, 2.05) is 13.8 Å². The van der Waals surface area contributed by atoms with Gasteiger partial charge in [-0.3, -0.25) is 0 Å². The van der Waals surface area contributed by atoms with Crippen molar-refractivity contribution in [2.45, 2.75) is 43.4 Å². The summed E-state index contributed by atoms with van der Waals surface area (Å²) in [5.41, 5.74) is 5.33. The van der Waals surface area contributed by atoms with Crippen LogP contribution < -0.4 is 10.5 Å². The van der Waals surface area contributed by atoms with Crippen LogP contribution in [0.4, 0.5) is 0 Å². The fourth-order valence-corrected chi connectivity index (χ4v) is 4.73. The Hall–Kier alpha value is -0.370. The third kappa shape index (κ3) is 3.21. The number of halogens is 2. The van der Waals surface area contributed by atoms with Crippen molar-refractivity contribution in [3.05, 3.63) is 27.7 Å². The summed E-state index contributed by atoms with van der Waals surface area (Å²) in [6.07, 6.45) is 0.384. The Balaban J connectivity index is 2.41. The molecule has 0 aliphatic carbocycles. The van der Waals surface area contributed by atoms with Gasteiger partial charge in [-0.1, -0.05) is 23.2 Å². The van der Waals surface area contributed by atoms with Gasteiger partial charge in [-0.25, -0.2) is 13.1 Å². The van der Waals surface area contributed by atoms with Crippen LogP contribution in [0, 0.1) is 0 Å². The molecule has 0 spiro atoms. The first-order valence-corrected chi connectivity index (χ1v) is 8.78. The Kier molecular flexibility index (Phi) is 4.87. The molecule has 3 N–H and O–H groups in total. The molecule has 1 fully saturated rings. The average molecular weight is 353 g/mol. The minimum absolute atomic E-state index is 0.0191. The topological polar surface area (TPSA) is 81.4 Å². The molecule has 1 aliphatic rings. The van der Waals surface area contributed by atoms with Gasteiger partial charge in [-0.05, 0) is 32.4 Å². The molecular formula is C13H18Cl2N2O3S. The van der Waals surface area contributed by atoms with Gasteiger partial charge >= 0.3 is 0 Å². The van der Waals surface area contributed by atoms with E-state index >= 15 is 0 Å². The lowest BCUT2D eigenvalue weighted by molar-refractivity contribution is 0.0957. The Bertz CT molecular complexity index is 651. The molecule has 1 aromatic rings. The van der Waals surface area contributed by atoms with Crippen LogP contribution in [-0.4, -0.2) is 26.7 Å². The normalized spacial score (nSPS) is 26.2. The molecule has 2 rings (SSSR count). The Morgan fingerprint density at radius 3 is 2.67 bits per heavy atom. The van der Waals surface area contributed by atoms with Crippen LogP contribution in [0.25, 0.3) is 0 Å². The lowest BCUT2D eigenvalue weighted by atomic mass is 9.97. The van der Waals surface area contributed by atoms with Crippen LogP contribution >= 0.6 is 23.2 Å². The first-order valence-electron chi connectivity index (χ1n) is 6.54. The molecular weight excluding hydrogens is 335 g/mol. The van der Waals surface area contributed by atoms with E-state index in [1.54, 1.807) is 0 Å². The highest BCUT2D eigenvalue weighted by atomic mass is 35.5. The van der Waals surface area contributed by atoms with Crippen molar-refractivity contribution in [2.75, 3.05) is 6.61 Å². The molecule has 1 aliphatic heterocycles. The fourth-order valence-electron chi connectivity index (χ4n) is 2.30. The molecule has 1 saturated heterocycles. The van der Waals surface area contributed by atoms with Crippen molar-refractivity contribution in [1.82, 2.24) is 4.72 Å². The van der Waals surface area contributed by atoms with Crippen LogP contribution in [0.2, 0.25) is 10.0 Å². The van der Waals surface area contributed by atoms with Gasteiger partial charge in [0, 0.05) is 23.7 Å². The predicted molar refractivity (Wildman–Crippen MR) is 83.1 cm³/mol. The largest absolute Gasteiger partial charge is 0.376 e. The van der Waals surface area contributed by atoms with E-state index in [0.717, 1.165) is 0 Å². The quantitative estimate of drug-likeness (QED) is 0.870. The van der Waals surface area contributed by atoms with Crippen molar-refractivity contribution in [2.24, 2.45) is 5.73 Å². The second-order valence-electron chi connectivity index (χ2n) is 5.33. The predicted octanol–water partition coefficient (Wildman–Crippen LogP) is 2.30. The van der Waals surface area contributed by atoms with Crippen LogP contribution in [0.3, 0.4) is 0 Å². The van der Waals surface area contributed by atoms with E-state index in [0.29, 0.717) is 23.6 Å². The van der Waals surface area contributed by atoms with Gasteiger partial charge in [-0.2, -0.15) is 0 Å². The van der Waals surface area contributed by atoms with Crippen LogP contribution in [0.1, 0.15) is 25.8 Å². The van der Waals surface area contributed by atoms with Crippen molar-refractivity contribution in [3.63, 3.8) is 0 Å². The zero-order valence-corrected chi connectivity index (χ0v) is 14.1. The number of nitrogens with two attached hydrogens (primary N) is 1. The number of sulfonamides is 1. The maximum atomic E-state index is 12.6. The molecule has 2 unspecified atom stereocenters.